The molecule has 0 atom stereocenters. The molecule has 6 heteroatoms. The van der Waals surface area contributed by atoms with Gasteiger partial charge in [0.05, 0.1) is 0 Å². The molecule has 25 heavy (non-hydrogen) atoms. The number of rotatable bonds is 2. The van der Waals surface area contributed by atoms with E-state index in [4.69, 9.17) is 5.73 Å². The second-order valence-corrected chi connectivity index (χ2v) is 6.16. The predicted octanol–water partition coefficient (Wildman–Crippen LogP) is 1.71. The van der Waals surface area contributed by atoms with Gasteiger partial charge in [-0.1, -0.05) is 18.2 Å². The normalized spacial score (nSPS) is 15.0. The van der Waals surface area contributed by atoms with Crippen LogP contribution in [0.25, 0.3) is 0 Å². The van der Waals surface area contributed by atoms with Crippen molar-refractivity contribution in [3.8, 4) is 0 Å². The first-order valence-electron chi connectivity index (χ1n) is 8.29. The molecule has 0 aliphatic carbocycles. The van der Waals surface area contributed by atoms with Crippen molar-refractivity contribution < 1.29 is 9.59 Å². The first-order valence-corrected chi connectivity index (χ1v) is 8.29. The Morgan fingerprint density at radius 2 is 1.44 bits per heavy atom. The number of carbonyl (C=O) groups excluding carboxylic acids is 2. The number of para-hydroxylation sites is 1. The molecule has 1 aliphatic heterocycles. The van der Waals surface area contributed by atoms with Gasteiger partial charge >= 0.3 is 11.8 Å². The molecule has 1 aliphatic rings. The molecule has 2 aromatic rings. The van der Waals surface area contributed by atoms with E-state index in [1.807, 2.05) is 37.4 Å². The van der Waals surface area contributed by atoms with Crippen molar-refractivity contribution >= 4 is 28.9 Å². The highest BCUT2D eigenvalue weighted by Gasteiger charge is 2.30. The van der Waals surface area contributed by atoms with Crippen LogP contribution in [0.2, 0.25) is 0 Å². The molecule has 0 spiro atoms. The maximum Gasteiger partial charge on any atom is 0.321 e. The third kappa shape index (κ3) is 3.80. The lowest BCUT2D eigenvalue weighted by molar-refractivity contribution is -0.145. The molecule has 0 bridgehead atoms. The van der Waals surface area contributed by atoms with E-state index in [-0.39, 0.29) is 0 Å². The largest absolute Gasteiger partial charge is 0.399 e. The third-order valence-corrected chi connectivity index (χ3v) is 4.34. The average Bonchev–Trinajstić information content (AvgIpc) is 2.64. The number of hydrogen-bond acceptors (Lipinski definition) is 4. The molecule has 0 aromatic heterocycles. The van der Waals surface area contributed by atoms with Gasteiger partial charge in [0, 0.05) is 43.2 Å². The van der Waals surface area contributed by atoms with Crippen molar-refractivity contribution in [1.29, 1.82) is 0 Å². The van der Waals surface area contributed by atoms with E-state index < -0.39 is 11.8 Å². The lowest BCUT2D eigenvalue weighted by Crippen LogP contribution is -2.51. The number of amides is 2. The lowest BCUT2D eigenvalue weighted by Gasteiger charge is -2.33. The van der Waals surface area contributed by atoms with Gasteiger partial charge in [-0.15, -0.1) is 0 Å². The number of nitrogens with zero attached hydrogens (tertiary/aromatic N) is 3. The maximum absolute atomic E-state index is 13.0. The number of hydrogen-bond donors (Lipinski definition) is 1. The number of nitrogen functional groups attached to an aromatic ring is 1. The zero-order chi connectivity index (χ0) is 17.8. The Bertz CT molecular complexity index is 738. The second kappa shape index (κ2) is 7.36. The predicted molar refractivity (Wildman–Crippen MR) is 98.5 cm³/mol. The number of piperazine rings is 1. The number of anilines is 3. The summed E-state index contributed by atoms with van der Waals surface area (Å²) in [5.74, 6) is -1.03. The molecule has 1 saturated heterocycles. The van der Waals surface area contributed by atoms with Crippen molar-refractivity contribution in [2.75, 3.05) is 43.9 Å². The number of nitrogens with two attached hydrogens (primary N) is 1. The highest BCUT2D eigenvalue weighted by Crippen LogP contribution is 2.26. The van der Waals surface area contributed by atoms with E-state index in [0.717, 1.165) is 13.1 Å². The fourth-order valence-corrected chi connectivity index (χ4v) is 2.82. The summed E-state index contributed by atoms with van der Waals surface area (Å²) in [6.07, 6.45) is 0. The fraction of sp³-hybridized carbons (Fsp3) is 0.263. The molecule has 3 rings (SSSR count). The molecule has 6 nitrogen and oxygen atoms in total. The summed E-state index contributed by atoms with van der Waals surface area (Å²) in [5, 5.41) is 0. The van der Waals surface area contributed by atoms with Gasteiger partial charge in [0.2, 0.25) is 0 Å². The SMILES string of the molecule is CN1CCN(C(=O)C(=O)N(c2ccccc2)c2ccc(N)cc2)CC1. The highest BCUT2D eigenvalue weighted by atomic mass is 16.2. The summed E-state index contributed by atoms with van der Waals surface area (Å²) in [6.45, 7) is 2.66. The van der Waals surface area contributed by atoms with E-state index in [0.29, 0.717) is 30.2 Å². The standard InChI is InChI=1S/C19H22N4O2/c1-21-11-13-22(14-12-21)18(24)19(25)23(16-5-3-2-4-6-16)17-9-7-15(20)8-10-17/h2-10H,11-14,20H2,1H3. The van der Waals surface area contributed by atoms with Crippen LogP contribution in [0.5, 0.6) is 0 Å². The first kappa shape index (κ1) is 17.0. The van der Waals surface area contributed by atoms with Crippen molar-refractivity contribution in [3.05, 3.63) is 54.6 Å². The number of carbonyl (C=O) groups is 2. The minimum atomic E-state index is -0.555. The van der Waals surface area contributed by atoms with E-state index in [1.54, 1.807) is 29.2 Å². The number of likely N-dealkylation sites (N-methyl/N-ethyl adjacent to an activating group) is 1. The number of benzene rings is 2. The van der Waals surface area contributed by atoms with Gasteiger partial charge in [-0.05, 0) is 43.4 Å². The van der Waals surface area contributed by atoms with E-state index >= 15 is 0 Å². The van der Waals surface area contributed by atoms with Crippen LogP contribution in [0.1, 0.15) is 0 Å². The molecular weight excluding hydrogens is 316 g/mol. The smallest absolute Gasteiger partial charge is 0.321 e. The van der Waals surface area contributed by atoms with Crippen molar-refractivity contribution in [1.82, 2.24) is 9.80 Å². The van der Waals surface area contributed by atoms with Gasteiger partial charge in [0.25, 0.3) is 0 Å². The average molecular weight is 338 g/mol. The highest BCUT2D eigenvalue weighted by molar-refractivity contribution is 6.42. The molecular formula is C19H22N4O2. The summed E-state index contributed by atoms with van der Waals surface area (Å²) in [4.78, 5) is 31.0. The Kier molecular flexibility index (Phi) is 5.00. The Morgan fingerprint density at radius 3 is 2.04 bits per heavy atom. The fourth-order valence-electron chi connectivity index (χ4n) is 2.82. The zero-order valence-electron chi connectivity index (χ0n) is 14.3. The van der Waals surface area contributed by atoms with Gasteiger partial charge in [-0.2, -0.15) is 0 Å². The van der Waals surface area contributed by atoms with Crippen LogP contribution in [-0.4, -0.2) is 54.8 Å². The van der Waals surface area contributed by atoms with E-state index in [2.05, 4.69) is 4.90 Å². The van der Waals surface area contributed by atoms with Gasteiger partial charge < -0.3 is 15.5 Å². The Labute approximate surface area is 147 Å². The Hall–Kier alpha value is -2.86. The van der Waals surface area contributed by atoms with Crippen LogP contribution in [0.15, 0.2) is 54.6 Å². The van der Waals surface area contributed by atoms with Crippen LogP contribution in [-0.2, 0) is 9.59 Å². The molecule has 2 aromatic carbocycles. The van der Waals surface area contributed by atoms with Crippen LogP contribution in [0.4, 0.5) is 17.1 Å². The van der Waals surface area contributed by atoms with Gasteiger partial charge in [0.15, 0.2) is 0 Å². The monoisotopic (exact) mass is 338 g/mol. The van der Waals surface area contributed by atoms with Crippen LogP contribution in [0.3, 0.4) is 0 Å². The maximum atomic E-state index is 13.0. The van der Waals surface area contributed by atoms with Crippen molar-refractivity contribution in [2.45, 2.75) is 0 Å². The summed E-state index contributed by atoms with van der Waals surface area (Å²) in [6, 6.07) is 16.1. The molecule has 0 radical (unpaired) electrons. The summed E-state index contributed by atoms with van der Waals surface area (Å²) in [5.41, 5.74) is 7.63. The molecule has 0 saturated carbocycles. The molecule has 2 amide bonds. The van der Waals surface area contributed by atoms with Gasteiger partial charge in [-0.3, -0.25) is 14.5 Å². The first-order chi connectivity index (χ1) is 12.1. The Balaban J connectivity index is 1.90. The van der Waals surface area contributed by atoms with E-state index in [1.165, 1.54) is 4.90 Å². The quantitative estimate of drug-likeness (QED) is 0.668. The third-order valence-electron chi connectivity index (χ3n) is 4.34. The summed E-state index contributed by atoms with van der Waals surface area (Å²) < 4.78 is 0. The van der Waals surface area contributed by atoms with Crippen LogP contribution >= 0.6 is 0 Å². The van der Waals surface area contributed by atoms with Gasteiger partial charge in [0.1, 0.15) is 0 Å². The molecule has 130 valence electrons. The second-order valence-electron chi connectivity index (χ2n) is 6.16. The van der Waals surface area contributed by atoms with Crippen LogP contribution < -0.4 is 10.6 Å². The van der Waals surface area contributed by atoms with Crippen LogP contribution in [0, 0.1) is 0 Å². The lowest BCUT2D eigenvalue weighted by atomic mass is 10.2. The molecule has 1 heterocycles. The summed E-state index contributed by atoms with van der Waals surface area (Å²) >= 11 is 0. The molecule has 0 unspecified atom stereocenters. The van der Waals surface area contributed by atoms with Gasteiger partial charge in [-0.25, -0.2) is 0 Å². The van der Waals surface area contributed by atoms with Crippen molar-refractivity contribution in [3.63, 3.8) is 0 Å². The molecule has 2 N–H and O–H groups in total. The molecule has 1 fully saturated rings. The van der Waals surface area contributed by atoms with E-state index in [9.17, 15) is 9.59 Å². The minimum absolute atomic E-state index is 0.478. The summed E-state index contributed by atoms with van der Waals surface area (Å²) in [7, 11) is 2.01. The van der Waals surface area contributed by atoms with Crippen molar-refractivity contribution in [2.24, 2.45) is 0 Å². The minimum Gasteiger partial charge on any atom is -0.399 e. The Morgan fingerprint density at radius 1 is 0.880 bits per heavy atom. The zero-order valence-corrected chi connectivity index (χ0v) is 14.3. The topological polar surface area (TPSA) is 69.9 Å².